The predicted octanol–water partition coefficient (Wildman–Crippen LogP) is 2.22. The van der Waals surface area contributed by atoms with Crippen LogP contribution in [0.25, 0.3) is 0 Å². The van der Waals surface area contributed by atoms with Crippen molar-refractivity contribution in [2.75, 3.05) is 13.1 Å². The maximum atomic E-state index is 11.6. The molecule has 2 fully saturated rings. The van der Waals surface area contributed by atoms with Crippen LogP contribution in [0.2, 0.25) is 0 Å². The van der Waals surface area contributed by atoms with Crippen molar-refractivity contribution in [3.63, 3.8) is 0 Å². The quantitative estimate of drug-likeness (QED) is 0.771. The molecule has 0 aliphatic heterocycles. The van der Waals surface area contributed by atoms with Crippen LogP contribution in [-0.4, -0.2) is 25.0 Å². The van der Waals surface area contributed by atoms with Crippen LogP contribution in [0.15, 0.2) is 0 Å². The first-order chi connectivity index (χ1) is 8.34. The van der Waals surface area contributed by atoms with Crippen LogP contribution in [0.1, 0.15) is 57.8 Å². The van der Waals surface area contributed by atoms with Gasteiger partial charge in [-0.3, -0.25) is 4.79 Å². The highest BCUT2D eigenvalue weighted by atomic mass is 16.1. The number of carbonyl (C=O) groups excluding carboxylic acids is 1. The number of hydrogen-bond acceptors (Lipinski definition) is 2. The van der Waals surface area contributed by atoms with E-state index in [1.165, 1.54) is 57.8 Å². The third-order valence-electron chi connectivity index (χ3n) is 3.94. The lowest BCUT2D eigenvalue weighted by Gasteiger charge is -2.20. The molecule has 0 saturated heterocycles. The zero-order valence-electron chi connectivity index (χ0n) is 10.8. The molecule has 17 heavy (non-hydrogen) atoms. The molecule has 98 valence electrons. The second-order valence-corrected chi connectivity index (χ2v) is 5.67. The largest absolute Gasteiger partial charge is 0.355 e. The molecule has 2 rings (SSSR count). The summed E-state index contributed by atoms with van der Waals surface area (Å²) in [5.74, 6) is 0.958. The van der Waals surface area contributed by atoms with E-state index in [9.17, 15) is 4.79 Å². The molecule has 1 amide bonds. The van der Waals surface area contributed by atoms with Crippen molar-refractivity contribution >= 4 is 5.91 Å². The highest BCUT2D eigenvalue weighted by Crippen LogP contribution is 2.27. The van der Waals surface area contributed by atoms with Crippen LogP contribution >= 0.6 is 0 Å². The molecule has 2 saturated carbocycles. The number of nitrogens with one attached hydrogen (secondary N) is 2. The van der Waals surface area contributed by atoms with Gasteiger partial charge in [0.1, 0.15) is 0 Å². The number of hydrogen-bond donors (Lipinski definition) is 2. The summed E-state index contributed by atoms with van der Waals surface area (Å²) in [6.45, 7) is 1.41. The van der Waals surface area contributed by atoms with Crippen LogP contribution in [0.4, 0.5) is 0 Å². The maximum absolute atomic E-state index is 11.6. The standard InChI is InChI=1S/C14H26N2O/c17-14(16-10-12-8-9-12)11-15-13-6-4-2-1-3-5-7-13/h12-13,15H,1-11H2,(H,16,17). The molecule has 0 aromatic rings. The fraction of sp³-hybridized carbons (Fsp3) is 0.929. The van der Waals surface area contributed by atoms with E-state index in [1.54, 1.807) is 0 Å². The van der Waals surface area contributed by atoms with E-state index in [2.05, 4.69) is 10.6 Å². The average Bonchev–Trinajstić information content (AvgIpc) is 3.08. The highest BCUT2D eigenvalue weighted by Gasteiger charge is 2.21. The van der Waals surface area contributed by atoms with Crippen molar-refractivity contribution < 1.29 is 4.79 Å². The van der Waals surface area contributed by atoms with Gasteiger partial charge in [0.25, 0.3) is 0 Å². The Morgan fingerprint density at radius 2 is 1.59 bits per heavy atom. The lowest BCUT2D eigenvalue weighted by molar-refractivity contribution is -0.120. The fourth-order valence-corrected chi connectivity index (χ4v) is 2.54. The van der Waals surface area contributed by atoms with Gasteiger partial charge in [-0.2, -0.15) is 0 Å². The smallest absolute Gasteiger partial charge is 0.233 e. The molecule has 0 radical (unpaired) electrons. The summed E-state index contributed by atoms with van der Waals surface area (Å²) < 4.78 is 0. The van der Waals surface area contributed by atoms with Crippen molar-refractivity contribution in [2.45, 2.75) is 63.8 Å². The van der Waals surface area contributed by atoms with Crippen LogP contribution in [-0.2, 0) is 4.79 Å². The Bertz CT molecular complexity index is 230. The summed E-state index contributed by atoms with van der Waals surface area (Å²) >= 11 is 0. The first-order valence-electron chi connectivity index (χ1n) is 7.34. The zero-order valence-corrected chi connectivity index (χ0v) is 10.8. The Morgan fingerprint density at radius 1 is 0.941 bits per heavy atom. The fourth-order valence-electron chi connectivity index (χ4n) is 2.54. The molecule has 2 N–H and O–H groups in total. The van der Waals surface area contributed by atoms with Crippen molar-refractivity contribution in [1.82, 2.24) is 10.6 Å². The second kappa shape index (κ2) is 7.00. The van der Waals surface area contributed by atoms with Gasteiger partial charge in [-0.05, 0) is 31.6 Å². The van der Waals surface area contributed by atoms with E-state index >= 15 is 0 Å². The van der Waals surface area contributed by atoms with Gasteiger partial charge in [0, 0.05) is 12.6 Å². The SMILES string of the molecule is O=C(CNC1CCCCCCC1)NCC1CC1. The van der Waals surface area contributed by atoms with Crippen LogP contribution in [0.3, 0.4) is 0 Å². The number of rotatable bonds is 5. The first-order valence-corrected chi connectivity index (χ1v) is 7.34. The molecule has 0 aromatic heterocycles. The molecule has 3 heteroatoms. The van der Waals surface area contributed by atoms with Crippen molar-refractivity contribution in [2.24, 2.45) is 5.92 Å². The third-order valence-corrected chi connectivity index (χ3v) is 3.94. The normalized spacial score (nSPS) is 22.8. The zero-order chi connectivity index (χ0) is 11.9. The van der Waals surface area contributed by atoms with Crippen molar-refractivity contribution in [1.29, 1.82) is 0 Å². The van der Waals surface area contributed by atoms with Gasteiger partial charge in [-0.1, -0.05) is 32.1 Å². The monoisotopic (exact) mass is 238 g/mol. The molecule has 0 bridgehead atoms. The van der Waals surface area contributed by atoms with Gasteiger partial charge >= 0.3 is 0 Å². The highest BCUT2D eigenvalue weighted by molar-refractivity contribution is 5.78. The summed E-state index contributed by atoms with van der Waals surface area (Å²) in [6, 6.07) is 0.571. The minimum absolute atomic E-state index is 0.180. The Morgan fingerprint density at radius 3 is 2.24 bits per heavy atom. The van der Waals surface area contributed by atoms with E-state index in [4.69, 9.17) is 0 Å². The Balaban J connectivity index is 1.56. The molecule has 0 atom stereocenters. The minimum atomic E-state index is 0.180. The maximum Gasteiger partial charge on any atom is 0.233 e. The van der Waals surface area contributed by atoms with Crippen molar-refractivity contribution in [3.05, 3.63) is 0 Å². The molecule has 2 aliphatic carbocycles. The van der Waals surface area contributed by atoms with Gasteiger partial charge in [0.05, 0.1) is 6.54 Å². The summed E-state index contributed by atoms with van der Waals surface area (Å²) in [6.07, 6.45) is 11.9. The average molecular weight is 238 g/mol. The lowest BCUT2D eigenvalue weighted by atomic mass is 9.97. The van der Waals surface area contributed by atoms with Crippen LogP contribution in [0, 0.1) is 5.92 Å². The topological polar surface area (TPSA) is 41.1 Å². The molecular formula is C14H26N2O. The van der Waals surface area contributed by atoms with Gasteiger partial charge in [0.2, 0.25) is 5.91 Å². The molecule has 0 unspecified atom stereocenters. The summed E-state index contributed by atoms with van der Waals surface area (Å²) in [4.78, 5) is 11.6. The minimum Gasteiger partial charge on any atom is -0.355 e. The molecular weight excluding hydrogens is 212 g/mol. The summed E-state index contributed by atoms with van der Waals surface area (Å²) in [5.41, 5.74) is 0. The molecule has 0 spiro atoms. The Hall–Kier alpha value is -0.570. The Kier molecular flexibility index (Phi) is 5.30. The molecule has 2 aliphatic rings. The molecule has 0 aromatic carbocycles. The van der Waals surface area contributed by atoms with E-state index < -0.39 is 0 Å². The van der Waals surface area contributed by atoms with E-state index in [-0.39, 0.29) is 5.91 Å². The van der Waals surface area contributed by atoms with Crippen LogP contribution < -0.4 is 10.6 Å². The second-order valence-electron chi connectivity index (χ2n) is 5.67. The van der Waals surface area contributed by atoms with Gasteiger partial charge in [0.15, 0.2) is 0 Å². The van der Waals surface area contributed by atoms with E-state index in [1.807, 2.05) is 0 Å². The Labute approximate surface area is 105 Å². The third kappa shape index (κ3) is 5.53. The first kappa shape index (κ1) is 12.9. The summed E-state index contributed by atoms with van der Waals surface area (Å²) in [7, 11) is 0. The lowest BCUT2D eigenvalue weighted by Crippen LogP contribution is -2.40. The van der Waals surface area contributed by atoms with E-state index in [0.29, 0.717) is 12.6 Å². The van der Waals surface area contributed by atoms with Crippen molar-refractivity contribution in [3.8, 4) is 0 Å². The van der Waals surface area contributed by atoms with E-state index in [0.717, 1.165) is 12.5 Å². The number of amides is 1. The van der Waals surface area contributed by atoms with Crippen LogP contribution in [0.5, 0.6) is 0 Å². The van der Waals surface area contributed by atoms with Gasteiger partial charge in [-0.25, -0.2) is 0 Å². The van der Waals surface area contributed by atoms with Gasteiger partial charge < -0.3 is 10.6 Å². The molecule has 0 heterocycles. The predicted molar refractivity (Wildman–Crippen MR) is 69.8 cm³/mol. The summed E-state index contributed by atoms with van der Waals surface area (Å²) in [5, 5.41) is 6.43. The molecule has 3 nitrogen and oxygen atoms in total. The number of carbonyl (C=O) groups is 1. The van der Waals surface area contributed by atoms with Gasteiger partial charge in [-0.15, -0.1) is 0 Å².